The molecule has 0 fully saturated rings. The number of hydrogen-bond donors (Lipinski definition) is 0. The Morgan fingerprint density at radius 2 is 0.336 bits per heavy atom. The van der Waals surface area contributed by atoms with Gasteiger partial charge in [0.15, 0.2) is 0 Å². The second-order valence-electron chi connectivity index (χ2n) is 33.9. The van der Waals surface area contributed by atoms with Gasteiger partial charge in [0.25, 0.3) is 0 Å². The summed E-state index contributed by atoms with van der Waals surface area (Å²) in [6.45, 7) is 26.9. The SMILES string of the molecule is CCCCCCOc1cc(C#Cc2cc(OCCCCCC)c(C#Cc3cc(OCCCCCC)c(C#Cc4cc(OCCCCCC)c(C#Cc5cc(OCCCCCC)c(C#Cc6ccc(OC(=O)C=S)cc6)cc5OCCCCCC)cc4OCCCCCC)cc3OCCCCCC)cc2OCCCCCC)c(OCCCCCC)cc1C#Cc1ccc(OC(=O)C=S)cc1. The summed E-state index contributed by atoms with van der Waals surface area (Å²) in [5.41, 5.74) is 7.93. The van der Waals surface area contributed by atoms with E-state index in [0.717, 1.165) is 279 Å². The summed E-state index contributed by atoms with van der Waals surface area (Å²) in [4.78, 5) is 24.0. The first-order valence-electron chi connectivity index (χ1n) is 50.7. The van der Waals surface area contributed by atoms with Gasteiger partial charge in [0.05, 0.1) is 132 Å². The molecule has 0 radical (unpaired) electrons. The largest absolute Gasteiger partial charge is 0.492 e. The Morgan fingerprint density at radius 3 is 0.463 bits per heavy atom. The topological polar surface area (TPSA) is 145 Å². The highest BCUT2D eigenvalue weighted by Crippen LogP contribution is 2.37. The van der Waals surface area contributed by atoms with Gasteiger partial charge in [-0.3, -0.25) is 0 Å². The number of rotatable bonds is 64. The standard InChI is InChI=1S/C118H150O14S2/c1-11-21-31-41-71-121-107-83-97(109(123-73-43-33-23-13-3)81-95(107)57-51-93-53-67-105(68-54-93)131-117(119)91-133)59-61-99-85-113(127-77-47-37-27-17-7)101(87-111(99)125-75-45-35-25-15-5)63-65-103-89-116(130-80-50-40-30-20-10)104(90-115(103)129-79-49-39-29-19-9)66-64-102-88-112(126-76-46-36-26-16-6)100(86-114(102)128-78-48-38-28-18-8)62-60-98-84-108(122-72-42-32-22-12-2)96(82-110(98)124-74-44-34-24-14-4)58-52-94-55-69-106(70-56-94)132-118(120)92-134/h53-56,67-70,81-92H,11-50,71-80H2,1-10H3. The zero-order chi connectivity index (χ0) is 95.5. The number of benzene rings is 7. The van der Waals surface area contributed by atoms with Crippen molar-refractivity contribution in [2.75, 3.05) is 66.1 Å². The summed E-state index contributed by atoms with van der Waals surface area (Å²) < 4.78 is 78.9. The minimum absolute atomic E-state index is 0.374. The predicted octanol–water partition coefficient (Wildman–Crippen LogP) is 29.5. The molecule has 0 heterocycles. The zero-order valence-electron chi connectivity index (χ0n) is 82.4. The number of esters is 2. The van der Waals surface area contributed by atoms with Crippen LogP contribution in [-0.2, 0) is 9.59 Å². The molecule has 0 aliphatic heterocycles. The Labute approximate surface area is 816 Å². The lowest BCUT2D eigenvalue weighted by molar-refractivity contribution is -0.127. The first kappa shape index (κ1) is 110. The second-order valence-corrected chi connectivity index (χ2v) is 34.4. The van der Waals surface area contributed by atoms with Gasteiger partial charge in [-0.1, -0.05) is 357 Å². The molecule has 0 spiro atoms. The molecule has 0 aliphatic carbocycles. The number of thiocarbonyl (C=S) groups is 2. The molecule has 0 aromatic heterocycles. The maximum atomic E-state index is 12.0. The Kier molecular flexibility index (Phi) is 56.6. The van der Waals surface area contributed by atoms with Crippen molar-refractivity contribution < 1.29 is 66.4 Å². The van der Waals surface area contributed by atoms with E-state index < -0.39 is 11.9 Å². The maximum absolute atomic E-state index is 12.0. The van der Waals surface area contributed by atoms with Crippen LogP contribution in [0, 0.1) is 71.0 Å². The average molecular weight is 1860 g/mol. The van der Waals surface area contributed by atoms with Gasteiger partial charge in [-0.25, -0.2) is 9.59 Å². The summed E-state index contributed by atoms with van der Waals surface area (Å²) in [5, 5.41) is 1.95. The third kappa shape index (κ3) is 43.1. The van der Waals surface area contributed by atoms with E-state index in [4.69, 9.17) is 81.3 Å². The van der Waals surface area contributed by atoms with E-state index in [1.54, 1.807) is 24.3 Å². The Morgan fingerprint density at radius 1 is 0.201 bits per heavy atom. The highest BCUT2D eigenvalue weighted by atomic mass is 32.1. The highest BCUT2D eigenvalue weighted by molar-refractivity contribution is 7.80. The van der Waals surface area contributed by atoms with Crippen molar-refractivity contribution in [2.24, 2.45) is 0 Å². The van der Waals surface area contributed by atoms with Crippen molar-refractivity contribution >= 4 is 47.1 Å². The molecule has 16 heteroatoms. The fourth-order valence-electron chi connectivity index (χ4n) is 14.4. The monoisotopic (exact) mass is 1860 g/mol. The van der Waals surface area contributed by atoms with Crippen molar-refractivity contribution in [3.8, 4) is 140 Å². The van der Waals surface area contributed by atoms with Gasteiger partial charge in [-0.15, -0.1) is 0 Å². The molecule has 134 heavy (non-hydrogen) atoms. The smallest absolute Gasteiger partial charge is 0.347 e. The quantitative estimate of drug-likeness (QED) is 0.0117. The molecular weight excluding hydrogens is 1710 g/mol. The van der Waals surface area contributed by atoms with Crippen molar-refractivity contribution in [3.05, 3.63) is 176 Å². The van der Waals surface area contributed by atoms with Crippen LogP contribution in [0.25, 0.3) is 0 Å². The molecule has 0 saturated carbocycles. The van der Waals surface area contributed by atoms with Crippen LogP contribution in [-0.4, -0.2) is 88.7 Å². The molecule has 0 aliphatic rings. The fraction of sp³-hybridized carbons (Fsp3) is 0.508. The number of hydrogen-bond acceptors (Lipinski definition) is 16. The van der Waals surface area contributed by atoms with Crippen LogP contribution in [0.3, 0.4) is 0 Å². The first-order chi connectivity index (χ1) is 65.8. The minimum atomic E-state index is -0.606. The normalized spacial score (nSPS) is 10.5. The van der Waals surface area contributed by atoms with E-state index >= 15 is 0 Å². The van der Waals surface area contributed by atoms with Gasteiger partial charge in [-0.2, -0.15) is 0 Å². The first-order valence-corrected chi connectivity index (χ1v) is 51.6. The van der Waals surface area contributed by atoms with Crippen molar-refractivity contribution in [2.45, 2.75) is 326 Å². The van der Waals surface area contributed by atoms with Crippen molar-refractivity contribution in [1.29, 1.82) is 0 Å². The molecule has 0 unspecified atom stereocenters. The van der Waals surface area contributed by atoms with Crippen LogP contribution in [0.4, 0.5) is 0 Å². The summed E-state index contributed by atoms with van der Waals surface area (Å²) in [7, 11) is 0. The van der Waals surface area contributed by atoms with E-state index in [9.17, 15) is 9.59 Å². The van der Waals surface area contributed by atoms with E-state index in [2.05, 4.69) is 140 Å². The highest BCUT2D eigenvalue weighted by Gasteiger charge is 2.20. The van der Waals surface area contributed by atoms with Gasteiger partial charge < -0.3 is 56.8 Å². The third-order valence-electron chi connectivity index (χ3n) is 22.3. The molecule has 7 rings (SSSR count). The number of ether oxygens (including phenoxy) is 12. The van der Waals surface area contributed by atoms with E-state index in [1.807, 2.05) is 84.9 Å². The minimum Gasteiger partial charge on any atom is -0.492 e. The Hall–Kier alpha value is -11.0. The van der Waals surface area contributed by atoms with Crippen LogP contribution in [0.5, 0.6) is 69.0 Å². The summed E-state index contributed by atoms with van der Waals surface area (Å²) >= 11 is 9.58. The second kappa shape index (κ2) is 68.9. The summed E-state index contributed by atoms with van der Waals surface area (Å²) in [6.07, 6.45) is 40.8. The molecule has 7 aromatic carbocycles. The molecule has 0 bridgehead atoms. The Bertz CT molecular complexity index is 4750. The van der Waals surface area contributed by atoms with Crippen LogP contribution < -0.4 is 56.8 Å². The van der Waals surface area contributed by atoms with Gasteiger partial charge in [0.1, 0.15) is 69.0 Å². The number of carbonyl (C=O) groups is 2. The van der Waals surface area contributed by atoms with E-state index in [1.165, 1.54) is 0 Å². The number of carbonyl (C=O) groups excluding carboxylic acids is 2. The molecule has 718 valence electrons. The van der Waals surface area contributed by atoms with Crippen LogP contribution in [0.1, 0.15) is 393 Å². The van der Waals surface area contributed by atoms with E-state index in [-0.39, 0.29) is 0 Å². The van der Waals surface area contributed by atoms with Gasteiger partial charge >= 0.3 is 11.9 Å². The zero-order valence-corrected chi connectivity index (χ0v) is 84.1. The maximum Gasteiger partial charge on any atom is 0.347 e. The van der Waals surface area contributed by atoms with Gasteiger partial charge in [0, 0.05) is 71.8 Å². The summed E-state index contributed by atoms with van der Waals surface area (Å²) in [5.74, 6) is 47.8. The van der Waals surface area contributed by atoms with Crippen LogP contribution in [0.2, 0.25) is 0 Å². The van der Waals surface area contributed by atoms with Crippen molar-refractivity contribution in [3.63, 3.8) is 0 Å². The molecular formula is C118H150O14S2. The van der Waals surface area contributed by atoms with Gasteiger partial charge in [0.2, 0.25) is 0 Å². The van der Waals surface area contributed by atoms with Crippen LogP contribution in [0.15, 0.2) is 109 Å². The number of unbranched alkanes of at least 4 members (excludes halogenated alkanes) is 30. The molecule has 14 nitrogen and oxygen atoms in total. The lowest BCUT2D eigenvalue weighted by atomic mass is 10.0. The molecule has 0 N–H and O–H groups in total. The molecule has 7 aromatic rings. The lowest BCUT2D eigenvalue weighted by Crippen LogP contribution is -2.07. The third-order valence-corrected chi connectivity index (χ3v) is 22.7. The van der Waals surface area contributed by atoms with E-state index in [0.29, 0.717) is 191 Å². The fourth-order valence-corrected chi connectivity index (χ4v) is 14.5. The van der Waals surface area contributed by atoms with Crippen molar-refractivity contribution in [1.82, 2.24) is 0 Å². The predicted molar refractivity (Wildman–Crippen MR) is 556 cm³/mol. The summed E-state index contributed by atoms with van der Waals surface area (Å²) in [6, 6.07) is 33.9. The molecule has 0 saturated heterocycles. The molecule has 0 amide bonds. The average Bonchev–Trinajstić information content (AvgIpc) is 0.798. The lowest BCUT2D eigenvalue weighted by Gasteiger charge is -2.15. The molecule has 0 atom stereocenters. The Balaban J connectivity index is 1.45. The van der Waals surface area contributed by atoms with Gasteiger partial charge in [-0.05, 0) is 113 Å². The van der Waals surface area contributed by atoms with Crippen LogP contribution >= 0.6 is 24.4 Å².